The molecule has 0 aromatic heterocycles. The van der Waals surface area contributed by atoms with E-state index in [2.05, 4.69) is 5.32 Å². The largest absolute Gasteiger partial charge is 0.508 e. The molecule has 1 aromatic rings. The van der Waals surface area contributed by atoms with Crippen LogP contribution in [0.3, 0.4) is 0 Å². The summed E-state index contributed by atoms with van der Waals surface area (Å²) in [6, 6.07) is 2.96. The number of rotatable bonds is 0. The Bertz CT molecular complexity index is 709. The number of anilines is 1. The Morgan fingerprint density at radius 1 is 1.30 bits per heavy atom. The minimum absolute atomic E-state index is 0.00153. The Balaban J connectivity index is 2.18. The van der Waals surface area contributed by atoms with E-state index in [4.69, 9.17) is 4.74 Å². The van der Waals surface area contributed by atoms with Crippen LogP contribution < -0.4 is 10.1 Å². The molecule has 1 unspecified atom stereocenters. The molecule has 6 nitrogen and oxygen atoms in total. The van der Waals surface area contributed by atoms with E-state index in [1.807, 2.05) is 0 Å². The lowest BCUT2D eigenvalue weighted by atomic mass is 9.96. The second kappa shape index (κ2) is 5.70. The molecule has 1 amide bonds. The van der Waals surface area contributed by atoms with Crippen molar-refractivity contribution in [2.45, 2.75) is 38.9 Å². The summed E-state index contributed by atoms with van der Waals surface area (Å²) in [4.78, 5) is 24.6. The Morgan fingerprint density at radius 2 is 2.04 bits per heavy atom. The number of carbonyl (C=O) groups is 2. The molecule has 0 radical (unpaired) electrons. The fourth-order valence-corrected chi connectivity index (χ4v) is 2.95. The summed E-state index contributed by atoms with van der Waals surface area (Å²) < 4.78 is 5.88. The van der Waals surface area contributed by atoms with Crippen LogP contribution in [0, 0.1) is 5.92 Å². The highest BCUT2D eigenvalue weighted by Gasteiger charge is 2.31. The van der Waals surface area contributed by atoms with Crippen LogP contribution in [0.15, 0.2) is 23.8 Å². The molecule has 2 heterocycles. The summed E-state index contributed by atoms with van der Waals surface area (Å²) >= 11 is 0. The summed E-state index contributed by atoms with van der Waals surface area (Å²) in [6.45, 7) is 3.15. The standard InChI is InChI=1S/C17H19NO5/c1-8-5-14-13(20)4-3-10-6-11(19)7-12(16(10)23-14)18-17(22)9(2)15(8)21/h5-7,9,13-14,19-20H,3-4H2,1-2H3,(H,18,22)/b8-5+/t9?,13-,14+/m0/s1. The molecule has 0 fully saturated rings. The Kier molecular flexibility index (Phi) is 3.85. The number of ketones is 1. The van der Waals surface area contributed by atoms with Gasteiger partial charge in [-0.3, -0.25) is 9.59 Å². The highest BCUT2D eigenvalue weighted by Crippen LogP contribution is 2.38. The predicted molar refractivity (Wildman–Crippen MR) is 83.4 cm³/mol. The van der Waals surface area contributed by atoms with Gasteiger partial charge in [-0.25, -0.2) is 0 Å². The second-order valence-electron chi connectivity index (χ2n) is 6.09. The van der Waals surface area contributed by atoms with Crippen LogP contribution in [-0.2, 0) is 16.0 Å². The number of phenols is 1. The van der Waals surface area contributed by atoms with Crippen LogP contribution in [-0.4, -0.2) is 34.1 Å². The third-order valence-electron chi connectivity index (χ3n) is 4.34. The zero-order valence-corrected chi connectivity index (χ0v) is 13.0. The van der Waals surface area contributed by atoms with E-state index in [1.54, 1.807) is 19.1 Å². The quantitative estimate of drug-likeness (QED) is 0.631. The van der Waals surface area contributed by atoms with E-state index in [1.165, 1.54) is 13.0 Å². The molecule has 2 bridgehead atoms. The molecule has 122 valence electrons. The topological polar surface area (TPSA) is 95.9 Å². The average Bonchev–Trinajstić information content (AvgIpc) is 2.65. The molecule has 1 aromatic carbocycles. The minimum atomic E-state index is -0.860. The van der Waals surface area contributed by atoms with Gasteiger partial charge < -0.3 is 20.3 Å². The van der Waals surface area contributed by atoms with Crippen LogP contribution in [0.25, 0.3) is 0 Å². The molecule has 2 aliphatic heterocycles. The molecule has 6 heteroatoms. The maximum atomic E-state index is 12.3. The number of aliphatic hydroxyl groups is 1. The molecule has 3 atom stereocenters. The molecule has 0 saturated heterocycles. The summed E-state index contributed by atoms with van der Waals surface area (Å²) in [5.74, 6) is -1.20. The van der Waals surface area contributed by atoms with Crippen molar-refractivity contribution in [2.75, 3.05) is 5.32 Å². The zero-order valence-electron chi connectivity index (χ0n) is 13.0. The number of hydrogen-bond donors (Lipinski definition) is 3. The number of ether oxygens (including phenoxy) is 1. The number of aryl methyl sites for hydroxylation is 1. The SMILES string of the molecule is C/C1=C\[C@H]2Oc3c(cc(O)cc3NC(=O)C(C)C1=O)CC[C@@H]2O. The van der Waals surface area contributed by atoms with Gasteiger partial charge in [0.2, 0.25) is 5.91 Å². The number of amides is 1. The lowest BCUT2D eigenvalue weighted by Crippen LogP contribution is -2.33. The molecule has 23 heavy (non-hydrogen) atoms. The van der Waals surface area contributed by atoms with Crippen molar-refractivity contribution in [3.05, 3.63) is 29.3 Å². The Morgan fingerprint density at radius 3 is 2.78 bits per heavy atom. The summed E-state index contributed by atoms with van der Waals surface area (Å²) in [7, 11) is 0. The van der Waals surface area contributed by atoms with E-state index in [0.717, 1.165) is 0 Å². The number of carbonyl (C=O) groups excluding carboxylic acids is 2. The first-order valence-electron chi connectivity index (χ1n) is 7.61. The number of fused-ring (bicyclic) bond motifs is 1. The van der Waals surface area contributed by atoms with Crippen molar-refractivity contribution in [3.63, 3.8) is 0 Å². The maximum Gasteiger partial charge on any atom is 0.235 e. The Labute approximate surface area is 133 Å². The molecular weight excluding hydrogens is 298 g/mol. The molecule has 3 rings (SSSR count). The third kappa shape index (κ3) is 2.82. The number of hydrogen-bond acceptors (Lipinski definition) is 5. The number of phenolic OH excluding ortho intramolecular Hbond substituents is 1. The van der Waals surface area contributed by atoms with Gasteiger partial charge in [0.25, 0.3) is 0 Å². The number of nitrogens with one attached hydrogen (secondary N) is 1. The summed E-state index contributed by atoms with van der Waals surface area (Å²) in [5, 5.41) is 22.8. The molecule has 0 saturated carbocycles. The fraction of sp³-hybridized carbons (Fsp3) is 0.412. The number of allylic oxidation sites excluding steroid dienone is 1. The maximum absolute atomic E-state index is 12.3. The van der Waals surface area contributed by atoms with Gasteiger partial charge in [-0.2, -0.15) is 0 Å². The lowest BCUT2D eigenvalue weighted by molar-refractivity contribution is -0.128. The van der Waals surface area contributed by atoms with Crippen LogP contribution >= 0.6 is 0 Å². The molecule has 0 aliphatic carbocycles. The van der Waals surface area contributed by atoms with Gasteiger partial charge in [-0.15, -0.1) is 0 Å². The van der Waals surface area contributed by atoms with Crippen LogP contribution in [0.5, 0.6) is 11.5 Å². The van der Waals surface area contributed by atoms with Gasteiger partial charge in [0.1, 0.15) is 17.6 Å². The lowest BCUT2D eigenvalue weighted by Gasteiger charge is -2.24. The van der Waals surface area contributed by atoms with Gasteiger partial charge in [0.05, 0.1) is 17.7 Å². The molecule has 0 spiro atoms. The first kappa shape index (κ1) is 15.6. The monoisotopic (exact) mass is 317 g/mol. The highest BCUT2D eigenvalue weighted by atomic mass is 16.5. The predicted octanol–water partition coefficient (Wildman–Crippen LogP) is 1.55. The van der Waals surface area contributed by atoms with Crippen molar-refractivity contribution in [1.29, 1.82) is 0 Å². The van der Waals surface area contributed by atoms with Gasteiger partial charge in [-0.05, 0) is 44.4 Å². The molecule has 3 N–H and O–H groups in total. The van der Waals surface area contributed by atoms with Gasteiger partial charge in [0, 0.05) is 11.6 Å². The smallest absolute Gasteiger partial charge is 0.235 e. The van der Waals surface area contributed by atoms with E-state index in [0.29, 0.717) is 35.4 Å². The van der Waals surface area contributed by atoms with Crippen molar-refractivity contribution < 1.29 is 24.5 Å². The van der Waals surface area contributed by atoms with Gasteiger partial charge in [-0.1, -0.05) is 0 Å². The fourth-order valence-electron chi connectivity index (χ4n) is 2.95. The Hall–Kier alpha value is -2.34. The van der Waals surface area contributed by atoms with Gasteiger partial charge in [0.15, 0.2) is 5.78 Å². The summed E-state index contributed by atoms with van der Waals surface area (Å²) in [6.07, 6.45) is 1.06. The van der Waals surface area contributed by atoms with Crippen LogP contribution in [0.2, 0.25) is 0 Å². The first-order valence-corrected chi connectivity index (χ1v) is 7.61. The average molecular weight is 317 g/mol. The number of Topliss-reactive ketones (excluding diaryl/α,β-unsaturated/α-hetero) is 1. The number of aliphatic hydroxyl groups excluding tert-OH is 1. The van der Waals surface area contributed by atoms with Crippen molar-refractivity contribution in [2.24, 2.45) is 5.92 Å². The van der Waals surface area contributed by atoms with E-state index < -0.39 is 24.0 Å². The van der Waals surface area contributed by atoms with E-state index >= 15 is 0 Å². The normalized spacial score (nSPS) is 29.7. The minimum Gasteiger partial charge on any atom is -0.508 e. The zero-order chi connectivity index (χ0) is 16.7. The van der Waals surface area contributed by atoms with Gasteiger partial charge >= 0.3 is 0 Å². The third-order valence-corrected chi connectivity index (χ3v) is 4.34. The highest BCUT2D eigenvalue weighted by molar-refractivity contribution is 6.13. The van der Waals surface area contributed by atoms with Crippen molar-refractivity contribution in [3.8, 4) is 11.5 Å². The first-order chi connectivity index (χ1) is 10.9. The second-order valence-corrected chi connectivity index (χ2v) is 6.09. The molecular formula is C17H19NO5. The van der Waals surface area contributed by atoms with Crippen LogP contribution in [0.1, 0.15) is 25.8 Å². The van der Waals surface area contributed by atoms with E-state index in [9.17, 15) is 19.8 Å². The summed E-state index contributed by atoms with van der Waals surface area (Å²) in [5.41, 5.74) is 1.42. The van der Waals surface area contributed by atoms with E-state index in [-0.39, 0.29) is 11.5 Å². The van der Waals surface area contributed by atoms with Crippen molar-refractivity contribution >= 4 is 17.4 Å². The van der Waals surface area contributed by atoms with Crippen LogP contribution in [0.4, 0.5) is 5.69 Å². The number of benzene rings is 1. The number of aromatic hydroxyl groups is 1. The molecule has 2 aliphatic rings. The van der Waals surface area contributed by atoms with Crippen molar-refractivity contribution in [1.82, 2.24) is 0 Å².